The number of aliphatic imine (C=N–C) groups is 1. The van der Waals surface area contributed by atoms with Crippen molar-refractivity contribution in [3.63, 3.8) is 0 Å². The van der Waals surface area contributed by atoms with Gasteiger partial charge in [0.1, 0.15) is 0 Å². The van der Waals surface area contributed by atoms with E-state index in [2.05, 4.69) is 0 Å². The predicted octanol–water partition coefficient (Wildman–Crippen LogP) is 4.78. The van der Waals surface area contributed by atoms with Gasteiger partial charge in [-0.05, 0) is 18.2 Å². The third-order valence-corrected chi connectivity index (χ3v) is 3.00. The fourth-order valence-corrected chi connectivity index (χ4v) is 1.81. The lowest BCUT2D eigenvalue weighted by Crippen LogP contribution is -2.54. The zero-order valence-electron chi connectivity index (χ0n) is 12.2. The number of hydrogen-bond acceptors (Lipinski definition) is 3. The second-order valence-corrected chi connectivity index (χ2v) is 4.94. The van der Waals surface area contributed by atoms with Crippen LogP contribution in [0.15, 0.2) is 23.2 Å². The molecule has 3 N–H and O–H groups in total. The molecule has 0 radical (unpaired) electrons. The fraction of sp³-hybridized carbons (Fsp3) is 0.417. The lowest BCUT2D eigenvalue weighted by Gasteiger charge is -2.33. The highest BCUT2D eigenvalue weighted by molar-refractivity contribution is 5.96. The molecule has 0 heterocycles. The molecule has 154 valence electrons. The van der Waals surface area contributed by atoms with E-state index < -0.39 is 53.0 Å². The lowest BCUT2D eigenvalue weighted by atomic mass is 9.90. The molecule has 1 aromatic carbocycles. The van der Waals surface area contributed by atoms with Crippen LogP contribution in [0.25, 0.3) is 0 Å². The number of rotatable bonds is 2. The molecule has 0 amide bonds. The number of alkyl halides is 12. The summed E-state index contributed by atoms with van der Waals surface area (Å²) in [4.78, 5) is 1.89. The molecule has 0 aliphatic rings. The molecule has 27 heavy (non-hydrogen) atoms. The Labute approximate surface area is 141 Å². The first kappa shape index (κ1) is 22.9. The van der Waals surface area contributed by atoms with Gasteiger partial charge in [-0.25, -0.2) is 4.99 Å². The topological polar surface area (TPSA) is 58.6 Å². The summed E-state index contributed by atoms with van der Waals surface area (Å²) in [7, 11) is 0. The van der Waals surface area contributed by atoms with Crippen LogP contribution in [-0.2, 0) is 5.60 Å². The summed E-state index contributed by atoms with van der Waals surface area (Å²) in [6.45, 7) is 0. The summed E-state index contributed by atoms with van der Waals surface area (Å²) in [6, 6.07) is 0.0780. The van der Waals surface area contributed by atoms with Crippen LogP contribution in [0.2, 0.25) is 0 Å². The van der Waals surface area contributed by atoms with Crippen molar-refractivity contribution in [2.24, 2.45) is 4.99 Å². The van der Waals surface area contributed by atoms with E-state index in [0.717, 1.165) is 0 Å². The minimum atomic E-state index is -6.58. The molecule has 0 spiro atoms. The van der Waals surface area contributed by atoms with Crippen LogP contribution in [0.3, 0.4) is 0 Å². The van der Waals surface area contributed by atoms with E-state index in [0.29, 0.717) is 6.07 Å². The van der Waals surface area contributed by atoms with Crippen LogP contribution in [-0.4, -0.2) is 35.5 Å². The van der Waals surface area contributed by atoms with Crippen LogP contribution >= 0.6 is 0 Å². The van der Waals surface area contributed by atoms with Crippen LogP contribution in [0.1, 0.15) is 5.56 Å². The van der Waals surface area contributed by atoms with Crippen molar-refractivity contribution in [2.75, 3.05) is 5.73 Å². The molecule has 1 rings (SSSR count). The van der Waals surface area contributed by atoms with Crippen molar-refractivity contribution in [3.05, 3.63) is 23.8 Å². The third-order valence-electron chi connectivity index (χ3n) is 3.00. The van der Waals surface area contributed by atoms with Crippen LogP contribution in [0, 0.1) is 0 Å². The third kappa shape index (κ3) is 4.39. The highest BCUT2D eigenvalue weighted by Gasteiger charge is 2.72. The Hall–Kier alpha value is -2.19. The molecule has 1 aromatic rings. The smallest absolute Gasteiger partial charge is 0.399 e. The van der Waals surface area contributed by atoms with Crippen LogP contribution in [0.5, 0.6) is 0 Å². The quantitative estimate of drug-likeness (QED) is 0.410. The average molecular weight is 422 g/mol. The predicted molar refractivity (Wildman–Crippen MR) is 66.1 cm³/mol. The van der Waals surface area contributed by atoms with Gasteiger partial charge in [0.15, 0.2) is 0 Å². The van der Waals surface area contributed by atoms with Crippen molar-refractivity contribution in [2.45, 2.75) is 30.3 Å². The standard InChI is InChI=1S/C12H6F12N2O/c13-9(14,15)7(10(16,17)18)26-6-2-1-4(25)3-5(6)8(27,11(19,20)21)12(22,23)24/h1-3,27H,25H2. The molecule has 0 aromatic heterocycles. The van der Waals surface area contributed by atoms with Gasteiger partial charge in [-0.2, -0.15) is 52.7 Å². The van der Waals surface area contributed by atoms with Gasteiger partial charge in [-0.15, -0.1) is 0 Å². The molecule has 0 unspecified atom stereocenters. The molecular weight excluding hydrogens is 416 g/mol. The maximum atomic E-state index is 12.9. The molecule has 0 fully saturated rings. The van der Waals surface area contributed by atoms with E-state index in [-0.39, 0.29) is 12.1 Å². The zero-order chi connectivity index (χ0) is 21.6. The second kappa shape index (κ2) is 6.45. The first-order valence-electron chi connectivity index (χ1n) is 6.22. The normalized spacial score (nSPS) is 14.3. The first-order chi connectivity index (χ1) is 11.7. The van der Waals surface area contributed by atoms with Gasteiger partial charge < -0.3 is 10.8 Å². The summed E-state index contributed by atoms with van der Waals surface area (Å²) >= 11 is 0. The summed E-state index contributed by atoms with van der Waals surface area (Å²) in [5, 5.41) is 9.24. The van der Waals surface area contributed by atoms with Gasteiger partial charge in [0.05, 0.1) is 5.69 Å². The van der Waals surface area contributed by atoms with Crippen molar-refractivity contribution < 1.29 is 57.8 Å². The monoisotopic (exact) mass is 422 g/mol. The molecule has 3 nitrogen and oxygen atoms in total. The van der Waals surface area contributed by atoms with Crippen molar-refractivity contribution in [3.8, 4) is 0 Å². The van der Waals surface area contributed by atoms with Crippen molar-refractivity contribution >= 4 is 17.1 Å². The number of nitrogens with zero attached hydrogens (tertiary/aromatic N) is 1. The van der Waals surface area contributed by atoms with Gasteiger partial charge >= 0.3 is 24.7 Å². The number of halogens is 12. The Morgan fingerprint density at radius 3 is 1.52 bits per heavy atom. The van der Waals surface area contributed by atoms with Gasteiger partial charge in [-0.1, -0.05) is 0 Å². The number of hydrogen-bond donors (Lipinski definition) is 2. The number of nitrogens with two attached hydrogens (primary N) is 1. The molecule has 0 atom stereocenters. The lowest BCUT2D eigenvalue weighted by molar-refractivity contribution is -0.376. The first-order valence-corrected chi connectivity index (χ1v) is 6.22. The Morgan fingerprint density at radius 1 is 0.778 bits per heavy atom. The van der Waals surface area contributed by atoms with Gasteiger partial charge in [0.25, 0.3) is 5.60 Å². The number of nitrogen functional groups attached to an aromatic ring is 1. The maximum absolute atomic E-state index is 12.9. The van der Waals surface area contributed by atoms with E-state index in [4.69, 9.17) is 5.73 Å². The molecule has 0 bridgehead atoms. The fourth-order valence-electron chi connectivity index (χ4n) is 1.81. The van der Waals surface area contributed by atoms with E-state index in [9.17, 15) is 57.8 Å². The summed E-state index contributed by atoms with van der Waals surface area (Å²) in [6.07, 6.45) is -25.7. The molecule has 0 aliphatic heterocycles. The Morgan fingerprint density at radius 2 is 1.19 bits per heavy atom. The number of anilines is 1. The van der Waals surface area contributed by atoms with E-state index in [1.165, 1.54) is 0 Å². The largest absolute Gasteiger partial charge is 0.438 e. The van der Waals surface area contributed by atoms with Crippen molar-refractivity contribution in [1.82, 2.24) is 0 Å². The molecule has 0 aliphatic carbocycles. The van der Waals surface area contributed by atoms with Gasteiger partial charge in [0.2, 0.25) is 5.71 Å². The van der Waals surface area contributed by atoms with Gasteiger partial charge in [-0.3, -0.25) is 0 Å². The molecule has 0 saturated carbocycles. The Balaban J connectivity index is 3.95. The van der Waals surface area contributed by atoms with E-state index in [1.54, 1.807) is 0 Å². The van der Waals surface area contributed by atoms with Crippen LogP contribution in [0.4, 0.5) is 64.1 Å². The van der Waals surface area contributed by atoms with Crippen molar-refractivity contribution in [1.29, 1.82) is 0 Å². The molecular formula is C12H6F12N2O. The zero-order valence-corrected chi connectivity index (χ0v) is 12.2. The maximum Gasteiger partial charge on any atom is 0.438 e. The minimum Gasteiger partial charge on any atom is -0.399 e. The average Bonchev–Trinajstić information content (AvgIpc) is 2.39. The molecule has 0 saturated heterocycles. The SMILES string of the molecule is Nc1ccc(N=C(C(F)(F)F)C(F)(F)F)c(C(O)(C(F)(F)F)C(F)(F)F)c1. The molecule has 15 heteroatoms. The number of benzene rings is 1. The second-order valence-electron chi connectivity index (χ2n) is 4.94. The Bertz CT molecular complexity index is 696. The summed E-state index contributed by atoms with van der Waals surface area (Å²) in [5.74, 6) is 0. The minimum absolute atomic E-state index is 0.0510. The highest BCUT2D eigenvalue weighted by atomic mass is 19.4. The van der Waals surface area contributed by atoms with Gasteiger partial charge in [0, 0.05) is 11.3 Å². The highest BCUT2D eigenvalue weighted by Crippen LogP contribution is 2.53. The van der Waals surface area contributed by atoms with Crippen LogP contribution < -0.4 is 5.73 Å². The van der Waals surface area contributed by atoms with E-state index >= 15 is 0 Å². The Kier molecular flexibility index (Phi) is 5.46. The van der Waals surface area contributed by atoms with E-state index in [1.807, 2.05) is 4.99 Å². The summed E-state index contributed by atoms with van der Waals surface area (Å²) < 4.78 is 152. The summed E-state index contributed by atoms with van der Waals surface area (Å²) in [5.41, 5.74) is -9.94. The number of aliphatic hydroxyl groups is 1.